The van der Waals surface area contributed by atoms with E-state index in [2.05, 4.69) is 24.1 Å². The van der Waals surface area contributed by atoms with E-state index in [1.807, 2.05) is 0 Å². The maximum atomic E-state index is 3.65. The van der Waals surface area contributed by atoms with Crippen LogP contribution in [-0.2, 0) is 0 Å². The molecule has 94 valence electrons. The van der Waals surface area contributed by atoms with E-state index in [0.29, 0.717) is 0 Å². The summed E-state index contributed by atoms with van der Waals surface area (Å²) in [7, 11) is 0. The van der Waals surface area contributed by atoms with Gasteiger partial charge in [-0.2, -0.15) is 0 Å². The van der Waals surface area contributed by atoms with Crippen LogP contribution in [0.4, 0.5) is 0 Å². The smallest absolute Gasteiger partial charge is 0.0195 e. The van der Waals surface area contributed by atoms with Gasteiger partial charge in [-0.05, 0) is 32.1 Å². The van der Waals surface area contributed by atoms with Crippen LogP contribution >= 0.6 is 0 Å². The van der Waals surface area contributed by atoms with Crippen molar-refractivity contribution in [3.05, 3.63) is 0 Å². The molecule has 2 aliphatic rings. The Morgan fingerprint density at radius 2 is 2.06 bits per heavy atom. The standard InChI is InChI=1S/C14H28N2/c1-3-6-14-11-16(10-9-15-14)12(2)13-7-4-5-8-13/h12-15H,3-11H2,1-2H3. The van der Waals surface area contributed by atoms with Crippen molar-refractivity contribution in [2.45, 2.75) is 64.5 Å². The fraction of sp³-hybridized carbons (Fsp3) is 1.00. The van der Waals surface area contributed by atoms with Crippen molar-refractivity contribution < 1.29 is 0 Å². The summed E-state index contributed by atoms with van der Waals surface area (Å²) in [5.41, 5.74) is 0. The Morgan fingerprint density at radius 3 is 2.75 bits per heavy atom. The highest BCUT2D eigenvalue weighted by molar-refractivity contribution is 4.85. The first-order valence-corrected chi connectivity index (χ1v) is 7.28. The summed E-state index contributed by atoms with van der Waals surface area (Å²) >= 11 is 0. The van der Waals surface area contributed by atoms with E-state index in [9.17, 15) is 0 Å². The van der Waals surface area contributed by atoms with Gasteiger partial charge < -0.3 is 5.32 Å². The molecular weight excluding hydrogens is 196 g/mol. The zero-order valence-corrected chi connectivity index (χ0v) is 11.0. The summed E-state index contributed by atoms with van der Waals surface area (Å²) in [5, 5.41) is 3.65. The van der Waals surface area contributed by atoms with Gasteiger partial charge in [-0.15, -0.1) is 0 Å². The minimum absolute atomic E-state index is 0.752. The minimum atomic E-state index is 0.752. The quantitative estimate of drug-likeness (QED) is 0.790. The van der Waals surface area contributed by atoms with Crippen LogP contribution in [0, 0.1) is 5.92 Å². The minimum Gasteiger partial charge on any atom is -0.311 e. The normalized spacial score (nSPS) is 30.8. The Bertz CT molecular complexity index is 197. The zero-order chi connectivity index (χ0) is 11.4. The van der Waals surface area contributed by atoms with Gasteiger partial charge in [-0.1, -0.05) is 26.2 Å². The van der Waals surface area contributed by atoms with Crippen LogP contribution < -0.4 is 5.32 Å². The van der Waals surface area contributed by atoms with E-state index in [1.165, 1.54) is 58.2 Å². The lowest BCUT2D eigenvalue weighted by Gasteiger charge is -2.40. The van der Waals surface area contributed by atoms with Crippen molar-refractivity contribution in [2.75, 3.05) is 19.6 Å². The fourth-order valence-corrected chi connectivity index (χ4v) is 3.50. The first kappa shape index (κ1) is 12.4. The van der Waals surface area contributed by atoms with Gasteiger partial charge in [0.15, 0.2) is 0 Å². The predicted molar refractivity (Wildman–Crippen MR) is 69.7 cm³/mol. The molecule has 1 heterocycles. The van der Waals surface area contributed by atoms with Gasteiger partial charge in [0.1, 0.15) is 0 Å². The van der Waals surface area contributed by atoms with E-state index in [-0.39, 0.29) is 0 Å². The topological polar surface area (TPSA) is 15.3 Å². The van der Waals surface area contributed by atoms with Crippen molar-refractivity contribution >= 4 is 0 Å². The lowest BCUT2D eigenvalue weighted by atomic mass is 9.96. The molecule has 0 bridgehead atoms. The monoisotopic (exact) mass is 224 g/mol. The lowest BCUT2D eigenvalue weighted by Crippen LogP contribution is -2.54. The van der Waals surface area contributed by atoms with Crippen molar-refractivity contribution in [3.63, 3.8) is 0 Å². The molecular formula is C14H28N2. The van der Waals surface area contributed by atoms with Crippen LogP contribution in [0.15, 0.2) is 0 Å². The Balaban J connectivity index is 1.82. The molecule has 0 aromatic heterocycles. The molecule has 2 heteroatoms. The van der Waals surface area contributed by atoms with E-state index in [4.69, 9.17) is 0 Å². The number of rotatable bonds is 4. The second kappa shape index (κ2) is 6.02. The molecule has 2 nitrogen and oxygen atoms in total. The van der Waals surface area contributed by atoms with Crippen molar-refractivity contribution in [2.24, 2.45) is 5.92 Å². The summed E-state index contributed by atoms with van der Waals surface area (Å²) in [6.07, 6.45) is 8.54. The molecule has 1 aliphatic heterocycles. The highest BCUT2D eigenvalue weighted by Crippen LogP contribution is 2.30. The van der Waals surface area contributed by atoms with Gasteiger partial charge in [0.25, 0.3) is 0 Å². The molecule has 0 aromatic rings. The van der Waals surface area contributed by atoms with Crippen molar-refractivity contribution in [1.29, 1.82) is 0 Å². The van der Waals surface area contributed by atoms with Gasteiger partial charge >= 0.3 is 0 Å². The first-order valence-electron chi connectivity index (χ1n) is 7.28. The third-order valence-corrected chi connectivity index (χ3v) is 4.58. The fourth-order valence-electron chi connectivity index (χ4n) is 3.50. The molecule has 2 atom stereocenters. The Hall–Kier alpha value is -0.0800. The second-order valence-electron chi connectivity index (χ2n) is 5.72. The van der Waals surface area contributed by atoms with E-state index in [0.717, 1.165) is 18.0 Å². The Morgan fingerprint density at radius 1 is 1.31 bits per heavy atom. The second-order valence-corrected chi connectivity index (χ2v) is 5.72. The number of hydrogen-bond acceptors (Lipinski definition) is 2. The van der Waals surface area contributed by atoms with Crippen molar-refractivity contribution in [3.8, 4) is 0 Å². The van der Waals surface area contributed by atoms with Gasteiger partial charge in [0, 0.05) is 31.7 Å². The van der Waals surface area contributed by atoms with Crippen LogP contribution in [0.5, 0.6) is 0 Å². The summed E-state index contributed by atoms with van der Waals surface area (Å²) < 4.78 is 0. The lowest BCUT2D eigenvalue weighted by molar-refractivity contribution is 0.112. The van der Waals surface area contributed by atoms with Gasteiger partial charge in [0.2, 0.25) is 0 Å². The number of nitrogens with zero attached hydrogens (tertiary/aromatic N) is 1. The molecule has 1 N–H and O–H groups in total. The van der Waals surface area contributed by atoms with Gasteiger partial charge in [0.05, 0.1) is 0 Å². The number of hydrogen-bond donors (Lipinski definition) is 1. The third-order valence-electron chi connectivity index (χ3n) is 4.58. The predicted octanol–water partition coefficient (Wildman–Crippen LogP) is 2.64. The number of piperazine rings is 1. The van der Waals surface area contributed by atoms with Crippen LogP contribution in [0.2, 0.25) is 0 Å². The highest BCUT2D eigenvalue weighted by atomic mass is 15.2. The third kappa shape index (κ3) is 2.98. The molecule has 0 amide bonds. The van der Waals surface area contributed by atoms with Crippen molar-refractivity contribution in [1.82, 2.24) is 10.2 Å². The highest BCUT2D eigenvalue weighted by Gasteiger charge is 2.29. The molecule has 2 fully saturated rings. The van der Waals surface area contributed by atoms with Gasteiger partial charge in [-0.3, -0.25) is 4.90 Å². The largest absolute Gasteiger partial charge is 0.311 e. The first-order chi connectivity index (χ1) is 7.81. The molecule has 1 aliphatic carbocycles. The Labute approximate surface area is 101 Å². The zero-order valence-electron chi connectivity index (χ0n) is 11.0. The molecule has 1 saturated carbocycles. The van der Waals surface area contributed by atoms with Crippen LogP contribution in [-0.4, -0.2) is 36.6 Å². The van der Waals surface area contributed by atoms with E-state index >= 15 is 0 Å². The van der Waals surface area contributed by atoms with Gasteiger partial charge in [-0.25, -0.2) is 0 Å². The molecule has 0 aromatic carbocycles. The summed E-state index contributed by atoms with van der Waals surface area (Å²) in [5.74, 6) is 0.986. The Kier molecular flexibility index (Phi) is 4.66. The molecule has 1 saturated heterocycles. The van der Waals surface area contributed by atoms with Crippen LogP contribution in [0.25, 0.3) is 0 Å². The summed E-state index contributed by atoms with van der Waals surface area (Å²) in [6.45, 7) is 8.50. The summed E-state index contributed by atoms with van der Waals surface area (Å²) in [4.78, 5) is 2.74. The van der Waals surface area contributed by atoms with E-state index < -0.39 is 0 Å². The average molecular weight is 224 g/mol. The average Bonchev–Trinajstić information content (AvgIpc) is 2.82. The molecule has 2 rings (SSSR count). The van der Waals surface area contributed by atoms with Crippen LogP contribution in [0.3, 0.4) is 0 Å². The maximum absolute atomic E-state index is 3.65. The maximum Gasteiger partial charge on any atom is 0.0195 e. The number of nitrogens with one attached hydrogen (secondary N) is 1. The summed E-state index contributed by atoms with van der Waals surface area (Å²) in [6, 6.07) is 1.58. The molecule has 0 spiro atoms. The van der Waals surface area contributed by atoms with Crippen LogP contribution in [0.1, 0.15) is 52.4 Å². The molecule has 2 unspecified atom stereocenters. The SMILES string of the molecule is CCCC1CN(C(C)C2CCCC2)CCN1. The van der Waals surface area contributed by atoms with E-state index in [1.54, 1.807) is 0 Å². The molecule has 16 heavy (non-hydrogen) atoms. The molecule has 0 radical (unpaired) electrons.